The molecule has 0 bridgehead atoms. The molecule has 0 saturated carbocycles. The molecule has 0 aliphatic carbocycles. The Kier molecular flexibility index (Phi) is 7.61. The van der Waals surface area contributed by atoms with Crippen LogP contribution >= 0.6 is 15.9 Å². The maximum absolute atomic E-state index is 11.4. The third-order valence-electron chi connectivity index (χ3n) is 2.93. The van der Waals surface area contributed by atoms with Gasteiger partial charge in [-0.25, -0.2) is 0 Å². The van der Waals surface area contributed by atoms with Crippen molar-refractivity contribution >= 4 is 39.8 Å². The molecule has 0 spiro atoms. The monoisotopic (exact) mass is 410 g/mol. The molecule has 1 rings (SSSR count). The van der Waals surface area contributed by atoms with Gasteiger partial charge in [0.2, 0.25) is 0 Å². The Hall–Kier alpha value is -1.68. The van der Waals surface area contributed by atoms with Crippen LogP contribution < -0.4 is 0 Å². The highest BCUT2D eigenvalue weighted by Gasteiger charge is 2.51. The van der Waals surface area contributed by atoms with Gasteiger partial charge in [-0.2, -0.15) is 0 Å². The summed E-state index contributed by atoms with van der Waals surface area (Å²) in [7, 11) is 0. The zero-order valence-corrected chi connectivity index (χ0v) is 15.2. The number of alkyl halides is 1. The second-order valence-electron chi connectivity index (χ2n) is 5.05. The Morgan fingerprint density at radius 2 is 1.25 bits per heavy atom. The fourth-order valence-corrected chi connectivity index (χ4v) is 2.86. The van der Waals surface area contributed by atoms with E-state index >= 15 is 0 Å². The van der Waals surface area contributed by atoms with Gasteiger partial charge >= 0.3 is 23.9 Å². The summed E-state index contributed by atoms with van der Waals surface area (Å²) >= 11 is 3.18. The fourth-order valence-electron chi connectivity index (χ4n) is 2.18. The number of hydrogen-bond acceptors (Lipinski definition) is 9. The lowest BCUT2D eigenvalue weighted by atomic mass is 9.99. The largest absolute Gasteiger partial charge is 0.463 e. The van der Waals surface area contributed by atoms with Crippen LogP contribution in [0.25, 0.3) is 0 Å². The van der Waals surface area contributed by atoms with E-state index in [1.807, 2.05) is 0 Å². The molecule has 1 heterocycles. The van der Waals surface area contributed by atoms with Crippen molar-refractivity contribution in [1.82, 2.24) is 0 Å². The number of ether oxygens (including phenoxy) is 5. The smallest absolute Gasteiger partial charge is 0.303 e. The van der Waals surface area contributed by atoms with Gasteiger partial charge in [0.1, 0.15) is 12.7 Å². The third-order valence-corrected chi connectivity index (χ3v) is 3.67. The van der Waals surface area contributed by atoms with Crippen LogP contribution in [0.1, 0.15) is 27.7 Å². The standard InChI is InChI=1S/C14H19BrO9/c1-6(16)20-5-10-11(21-7(2)17)12(22-8(3)18)13(14(15)24-10)23-9(4)19/h10-14H,5H2,1-4H3/t10-,11+,12+,13-,14+/m0/s1. The molecule has 1 aliphatic heterocycles. The predicted octanol–water partition coefficient (Wildman–Crippen LogP) is 0.464. The van der Waals surface area contributed by atoms with Crippen molar-refractivity contribution in [2.24, 2.45) is 0 Å². The molecule has 9 nitrogen and oxygen atoms in total. The minimum Gasteiger partial charge on any atom is -0.463 e. The first kappa shape index (κ1) is 20.4. The lowest BCUT2D eigenvalue weighted by molar-refractivity contribution is -0.236. The minimum absolute atomic E-state index is 0.236. The van der Waals surface area contributed by atoms with Crippen molar-refractivity contribution in [2.45, 2.75) is 57.1 Å². The molecule has 0 radical (unpaired) electrons. The van der Waals surface area contributed by atoms with Crippen molar-refractivity contribution in [3.8, 4) is 0 Å². The number of rotatable bonds is 5. The average molecular weight is 411 g/mol. The van der Waals surface area contributed by atoms with Gasteiger partial charge in [-0.05, 0) is 0 Å². The first-order valence-corrected chi connectivity index (χ1v) is 7.98. The van der Waals surface area contributed by atoms with Gasteiger partial charge in [-0.15, -0.1) is 0 Å². The molecule has 5 atom stereocenters. The SMILES string of the molecule is CC(=O)OC[C@@H]1O[C@@H](Br)[C@@H](OC(C)=O)[C@H](OC(C)=O)[C@@H]1OC(C)=O. The minimum atomic E-state index is -1.13. The number of carbonyl (C=O) groups is 4. The van der Waals surface area contributed by atoms with E-state index in [9.17, 15) is 19.2 Å². The van der Waals surface area contributed by atoms with Crippen LogP contribution in [0.3, 0.4) is 0 Å². The summed E-state index contributed by atoms with van der Waals surface area (Å²) < 4.78 is 25.9. The number of carbonyl (C=O) groups excluding carboxylic acids is 4. The van der Waals surface area contributed by atoms with E-state index in [0.717, 1.165) is 13.8 Å². The molecule has 0 aromatic carbocycles. The van der Waals surface area contributed by atoms with E-state index < -0.39 is 53.3 Å². The van der Waals surface area contributed by atoms with Crippen LogP contribution in [0.15, 0.2) is 0 Å². The number of esters is 4. The molecule has 1 saturated heterocycles. The van der Waals surface area contributed by atoms with Gasteiger partial charge in [-0.3, -0.25) is 19.2 Å². The van der Waals surface area contributed by atoms with Crippen molar-refractivity contribution in [3.05, 3.63) is 0 Å². The lowest BCUT2D eigenvalue weighted by Crippen LogP contribution is -2.60. The summed E-state index contributed by atoms with van der Waals surface area (Å²) in [5, 5.41) is -0.863. The van der Waals surface area contributed by atoms with Gasteiger partial charge in [0.15, 0.2) is 23.3 Å². The summed E-state index contributed by atoms with van der Waals surface area (Å²) in [6, 6.07) is 0. The van der Waals surface area contributed by atoms with Crippen LogP contribution in [0.4, 0.5) is 0 Å². The average Bonchev–Trinajstić information content (AvgIpc) is 2.42. The second kappa shape index (κ2) is 8.97. The fraction of sp³-hybridized carbons (Fsp3) is 0.714. The van der Waals surface area contributed by atoms with E-state index in [-0.39, 0.29) is 6.61 Å². The van der Waals surface area contributed by atoms with Crippen molar-refractivity contribution < 1.29 is 42.9 Å². The highest BCUT2D eigenvalue weighted by atomic mass is 79.9. The van der Waals surface area contributed by atoms with E-state index in [0.29, 0.717) is 0 Å². The number of halogens is 1. The van der Waals surface area contributed by atoms with Gasteiger partial charge < -0.3 is 23.7 Å². The van der Waals surface area contributed by atoms with E-state index in [4.69, 9.17) is 23.7 Å². The van der Waals surface area contributed by atoms with Gasteiger partial charge in [0.05, 0.1) is 0 Å². The van der Waals surface area contributed by atoms with E-state index in [1.54, 1.807) is 0 Å². The maximum atomic E-state index is 11.4. The van der Waals surface area contributed by atoms with Crippen LogP contribution in [-0.2, 0) is 42.9 Å². The molecule has 1 fully saturated rings. The molecule has 0 amide bonds. The molecular formula is C14H19BrO9. The first-order chi connectivity index (χ1) is 11.1. The molecule has 0 aromatic rings. The highest BCUT2D eigenvalue weighted by Crippen LogP contribution is 2.31. The predicted molar refractivity (Wildman–Crippen MR) is 80.9 cm³/mol. The Labute approximate surface area is 147 Å². The summed E-state index contributed by atoms with van der Waals surface area (Å²) in [5.74, 6) is -2.52. The molecule has 136 valence electrons. The summed E-state index contributed by atoms with van der Waals surface area (Å²) in [5.41, 5.74) is 0. The summed E-state index contributed by atoms with van der Waals surface area (Å²) in [6.45, 7) is 4.47. The Morgan fingerprint density at radius 1 is 0.792 bits per heavy atom. The Morgan fingerprint density at radius 3 is 1.71 bits per heavy atom. The molecular weight excluding hydrogens is 392 g/mol. The topological polar surface area (TPSA) is 114 Å². The van der Waals surface area contributed by atoms with E-state index in [2.05, 4.69) is 15.9 Å². The van der Waals surface area contributed by atoms with E-state index in [1.165, 1.54) is 13.8 Å². The Balaban J connectivity index is 3.11. The van der Waals surface area contributed by atoms with Crippen molar-refractivity contribution in [3.63, 3.8) is 0 Å². The summed E-state index contributed by atoms with van der Waals surface area (Å²) in [4.78, 5) is 45.1. The molecule has 0 unspecified atom stereocenters. The molecule has 1 aliphatic rings. The zero-order chi connectivity index (χ0) is 18.4. The normalized spacial score (nSPS) is 29.3. The van der Waals surface area contributed by atoms with Crippen molar-refractivity contribution in [1.29, 1.82) is 0 Å². The number of hydrogen-bond donors (Lipinski definition) is 0. The zero-order valence-electron chi connectivity index (χ0n) is 13.6. The maximum Gasteiger partial charge on any atom is 0.303 e. The molecule has 0 N–H and O–H groups in total. The van der Waals surface area contributed by atoms with Gasteiger partial charge in [0, 0.05) is 27.7 Å². The van der Waals surface area contributed by atoms with Gasteiger partial charge in [-0.1, -0.05) is 15.9 Å². The van der Waals surface area contributed by atoms with Crippen LogP contribution in [0, 0.1) is 0 Å². The van der Waals surface area contributed by atoms with Crippen LogP contribution in [0.2, 0.25) is 0 Å². The van der Waals surface area contributed by atoms with Crippen LogP contribution in [-0.4, -0.2) is 59.9 Å². The summed E-state index contributed by atoms with van der Waals surface area (Å²) in [6.07, 6.45) is -4.22. The van der Waals surface area contributed by atoms with Gasteiger partial charge in [0.25, 0.3) is 0 Å². The first-order valence-electron chi connectivity index (χ1n) is 7.06. The quantitative estimate of drug-likeness (QED) is 0.362. The molecule has 0 aromatic heterocycles. The third kappa shape index (κ3) is 6.08. The highest BCUT2D eigenvalue weighted by molar-refractivity contribution is 9.09. The van der Waals surface area contributed by atoms with Crippen molar-refractivity contribution in [2.75, 3.05) is 6.61 Å². The lowest BCUT2D eigenvalue weighted by Gasteiger charge is -2.42. The molecule has 24 heavy (non-hydrogen) atoms. The van der Waals surface area contributed by atoms with Crippen LogP contribution in [0.5, 0.6) is 0 Å². The Bertz CT molecular complexity index is 506. The second-order valence-corrected chi connectivity index (χ2v) is 5.95. The molecule has 10 heteroatoms.